The lowest BCUT2D eigenvalue weighted by atomic mass is 10.1. The molecular formula is C13H20N2O. The highest BCUT2D eigenvalue weighted by atomic mass is 16.3. The van der Waals surface area contributed by atoms with E-state index in [1.54, 1.807) is 0 Å². The van der Waals surface area contributed by atoms with Crippen LogP contribution in [0.5, 0.6) is 0 Å². The Morgan fingerprint density at radius 2 is 2.06 bits per heavy atom. The summed E-state index contributed by atoms with van der Waals surface area (Å²) >= 11 is 0. The van der Waals surface area contributed by atoms with Crippen LogP contribution in [0.25, 0.3) is 0 Å². The van der Waals surface area contributed by atoms with E-state index < -0.39 is 0 Å². The molecule has 0 amide bonds. The maximum absolute atomic E-state index is 9.46. The molecule has 1 fully saturated rings. The number of hydrogen-bond acceptors (Lipinski definition) is 3. The molecule has 1 unspecified atom stereocenters. The number of rotatable bonds is 2. The van der Waals surface area contributed by atoms with Gasteiger partial charge in [0, 0.05) is 25.3 Å². The van der Waals surface area contributed by atoms with Gasteiger partial charge >= 0.3 is 0 Å². The van der Waals surface area contributed by atoms with Crippen molar-refractivity contribution in [3.63, 3.8) is 0 Å². The predicted molar refractivity (Wildman–Crippen MR) is 66.9 cm³/mol. The minimum atomic E-state index is 0.221. The molecule has 16 heavy (non-hydrogen) atoms. The van der Waals surface area contributed by atoms with Crippen LogP contribution in [-0.2, 0) is 0 Å². The number of para-hydroxylation sites is 1. The van der Waals surface area contributed by atoms with E-state index in [2.05, 4.69) is 48.0 Å². The number of aliphatic hydroxyl groups is 1. The van der Waals surface area contributed by atoms with Crippen LogP contribution < -0.4 is 4.90 Å². The predicted octanol–water partition coefficient (Wildman–Crippen LogP) is 1.11. The van der Waals surface area contributed by atoms with Crippen molar-refractivity contribution in [2.45, 2.75) is 13.0 Å². The molecule has 88 valence electrons. The molecular weight excluding hydrogens is 200 g/mol. The van der Waals surface area contributed by atoms with Crippen molar-refractivity contribution in [2.24, 2.45) is 0 Å². The van der Waals surface area contributed by atoms with Crippen molar-refractivity contribution >= 4 is 5.69 Å². The minimum Gasteiger partial charge on any atom is -0.394 e. The number of aryl methyl sites for hydroxylation is 1. The zero-order valence-corrected chi connectivity index (χ0v) is 10.1. The molecule has 1 aromatic carbocycles. The molecule has 3 heteroatoms. The molecule has 0 aromatic heterocycles. The minimum absolute atomic E-state index is 0.221. The monoisotopic (exact) mass is 220 g/mol. The molecule has 1 aromatic rings. The Morgan fingerprint density at radius 3 is 2.75 bits per heavy atom. The van der Waals surface area contributed by atoms with Crippen LogP contribution in [-0.4, -0.2) is 49.3 Å². The van der Waals surface area contributed by atoms with Crippen molar-refractivity contribution in [2.75, 3.05) is 38.2 Å². The average Bonchev–Trinajstić information content (AvgIpc) is 2.30. The Balaban J connectivity index is 2.22. The zero-order valence-electron chi connectivity index (χ0n) is 10.1. The summed E-state index contributed by atoms with van der Waals surface area (Å²) in [5.41, 5.74) is 2.54. The summed E-state index contributed by atoms with van der Waals surface area (Å²) in [5.74, 6) is 0. The van der Waals surface area contributed by atoms with Gasteiger partial charge in [0.1, 0.15) is 0 Å². The summed E-state index contributed by atoms with van der Waals surface area (Å²) in [5, 5.41) is 9.46. The topological polar surface area (TPSA) is 26.7 Å². The van der Waals surface area contributed by atoms with Crippen LogP contribution in [0.2, 0.25) is 0 Å². The van der Waals surface area contributed by atoms with Gasteiger partial charge in [-0.15, -0.1) is 0 Å². The van der Waals surface area contributed by atoms with E-state index >= 15 is 0 Å². The fourth-order valence-corrected chi connectivity index (χ4v) is 2.37. The molecule has 1 atom stereocenters. The second-order valence-corrected chi connectivity index (χ2v) is 4.58. The van der Waals surface area contributed by atoms with Crippen molar-refractivity contribution in [3.8, 4) is 0 Å². The standard InChI is InChI=1S/C13H20N2O/c1-11-5-3-4-6-13(11)15-8-7-14(2)9-12(15)10-16/h3-6,12,16H,7-10H2,1-2H3. The maximum Gasteiger partial charge on any atom is 0.0648 e. The molecule has 1 aliphatic rings. The van der Waals surface area contributed by atoms with E-state index in [1.807, 2.05) is 0 Å². The lowest BCUT2D eigenvalue weighted by Crippen LogP contribution is -2.53. The lowest BCUT2D eigenvalue weighted by Gasteiger charge is -2.41. The van der Waals surface area contributed by atoms with E-state index in [4.69, 9.17) is 0 Å². The average molecular weight is 220 g/mol. The Hall–Kier alpha value is -1.06. The third kappa shape index (κ3) is 2.20. The highest BCUT2D eigenvalue weighted by Crippen LogP contribution is 2.23. The van der Waals surface area contributed by atoms with Gasteiger partial charge in [0.15, 0.2) is 0 Å². The Morgan fingerprint density at radius 1 is 1.31 bits per heavy atom. The molecule has 1 saturated heterocycles. The van der Waals surface area contributed by atoms with Gasteiger partial charge in [-0.25, -0.2) is 0 Å². The van der Waals surface area contributed by atoms with Crippen LogP contribution >= 0.6 is 0 Å². The van der Waals surface area contributed by atoms with E-state index in [0.717, 1.165) is 19.6 Å². The summed E-state index contributed by atoms with van der Waals surface area (Å²) in [4.78, 5) is 4.60. The van der Waals surface area contributed by atoms with Gasteiger partial charge in [-0.3, -0.25) is 0 Å². The van der Waals surface area contributed by atoms with Gasteiger partial charge < -0.3 is 14.9 Å². The van der Waals surface area contributed by atoms with Gasteiger partial charge in [-0.2, -0.15) is 0 Å². The molecule has 1 N–H and O–H groups in total. The molecule has 0 saturated carbocycles. The van der Waals surface area contributed by atoms with Crippen LogP contribution in [0, 0.1) is 6.92 Å². The second kappa shape index (κ2) is 4.85. The fraction of sp³-hybridized carbons (Fsp3) is 0.538. The third-order valence-corrected chi connectivity index (χ3v) is 3.32. The van der Waals surface area contributed by atoms with E-state index in [1.165, 1.54) is 11.3 Å². The zero-order chi connectivity index (χ0) is 11.5. The van der Waals surface area contributed by atoms with Crippen molar-refractivity contribution in [3.05, 3.63) is 29.8 Å². The summed E-state index contributed by atoms with van der Waals surface area (Å²) in [7, 11) is 2.11. The molecule has 1 heterocycles. The fourth-order valence-electron chi connectivity index (χ4n) is 2.37. The van der Waals surface area contributed by atoms with Gasteiger partial charge in [0.25, 0.3) is 0 Å². The summed E-state index contributed by atoms with van der Waals surface area (Å²) in [6, 6.07) is 8.61. The number of aliphatic hydroxyl groups excluding tert-OH is 1. The number of anilines is 1. The Kier molecular flexibility index (Phi) is 3.46. The lowest BCUT2D eigenvalue weighted by molar-refractivity contribution is 0.191. The summed E-state index contributed by atoms with van der Waals surface area (Å²) in [6.45, 7) is 5.34. The Bertz CT molecular complexity index is 354. The molecule has 0 spiro atoms. The first kappa shape index (κ1) is 11.4. The van der Waals surface area contributed by atoms with Crippen molar-refractivity contribution < 1.29 is 5.11 Å². The second-order valence-electron chi connectivity index (χ2n) is 4.58. The normalized spacial score (nSPS) is 22.4. The van der Waals surface area contributed by atoms with Crippen LogP contribution in [0.4, 0.5) is 5.69 Å². The molecule has 0 aliphatic carbocycles. The van der Waals surface area contributed by atoms with Crippen LogP contribution in [0.15, 0.2) is 24.3 Å². The van der Waals surface area contributed by atoms with E-state index in [-0.39, 0.29) is 12.6 Å². The number of piperazine rings is 1. The number of hydrogen-bond donors (Lipinski definition) is 1. The largest absolute Gasteiger partial charge is 0.394 e. The van der Waals surface area contributed by atoms with Crippen molar-refractivity contribution in [1.82, 2.24) is 4.90 Å². The van der Waals surface area contributed by atoms with Gasteiger partial charge in [0.05, 0.1) is 12.6 Å². The maximum atomic E-state index is 9.46. The van der Waals surface area contributed by atoms with E-state index in [9.17, 15) is 5.11 Å². The van der Waals surface area contributed by atoms with Gasteiger partial charge in [-0.1, -0.05) is 18.2 Å². The van der Waals surface area contributed by atoms with Gasteiger partial charge in [-0.05, 0) is 25.6 Å². The van der Waals surface area contributed by atoms with Gasteiger partial charge in [0.2, 0.25) is 0 Å². The number of likely N-dealkylation sites (N-methyl/N-ethyl adjacent to an activating group) is 1. The smallest absolute Gasteiger partial charge is 0.0648 e. The highest BCUT2D eigenvalue weighted by molar-refractivity contribution is 5.54. The quantitative estimate of drug-likeness (QED) is 0.809. The highest BCUT2D eigenvalue weighted by Gasteiger charge is 2.25. The summed E-state index contributed by atoms with van der Waals surface area (Å²) < 4.78 is 0. The first-order valence-electron chi connectivity index (χ1n) is 5.84. The van der Waals surface area contributed by atoms with E-state index in [0.29, 0.717) is 0 Å². The molecule has 0 bridgehead atoms. The summed E-state index contributed by atoms with van der Waals surface area (Å²) in [6.07, 6.45) is 0. The molecule has 2 rings (SSSR count). The SMILES string of the molecule is Cc1ccccc1N1CCN(C)CC1CO. The van der Waals surface area contributed by atoms with Crippen LogP contribution in [0.1, 0.15) is 5.56 Å². The first-order chi connectivity index (χ1) is 7.72. The molecule has 0 radical (unpaired) electrons. The molecule has 3 nitrogen and oxygen atoms in total. The third-order valence-electron chi connectivity index (χ3n) is 3.32. The van der Waals surface area contributed by atoms with Crippen LogP contribution in [0.3, 0.4) is 0 Å². The van der Waals surface area contributed by atoms with Crippen molar-refractivity contribution in [1.29, 1.82) is 0 Å². The first-order valence-corrected chi connectivity index (χ1v) is 5.84. The number of benzene rings is 1. The number of nitrogens with zero attached hydrogens (tertiary/aromatic N) is 2. The Labute approximate surface area is 97.3 Å². The molecule has 1 aliphatic heterocycles.